The molecule has 0 bridgehead atoms. The van der Waals surface area contributed by atoms with Gasteiger partial charge in [0.15, 0.2) is 5.76 Å². The van der Waals surface area contributed by atoms with Crippen molar-refractivity contribution in [3.63, 3.8) is 0 Å². The minimum atomic E-state index is -0.169. The van der Waals surface area contributed by atoms with Gasteiger partial charge in [-0.1, -0.05) is 6.92 Å². The molecule has 0 spiro atoms. The average Bonchev–Trinajstić information content (AvgIpc) is 2.70. The highest BCUT2D eigenvalue weighted by Crippen LogP contribution is 2.26. The molecular formula is C12H17NO3. The molecule has 2 N–H and O–H groups in total. The van der Waals surface area contributed by atoms with Crippen LogP contribution in [0.25, 0.3) is 0 Å². The van der Waals surface area contributed by atoms with Gasteiger partial charge in [-0.2, -0.15) is 0 Å². The van der Waals surface area contributed by atoms with Crippen LogP contribution >= 0.6 is 0 Å². The first-order valence-electron chi connectivity index (χ1n) is 5.74. The van der Waals surface area contributed by atoms with E-state index in [1.165, 1.54) is 0 Å². The number of aliphatic hydroxyl groups excluding tert-OH is 1. The van der Waals surface area contributed by atoms with E-state index in [0.717, 1.165) is 25.0 Å². The lowest BCUT2D eigenvalue weighted by Crippen LogP contribution is -2.38. The van der Waals surface area contributed by atoms with Gasteiger partial charge in [-0.25, -0.2) is 0 Å². The third kappa shape index (κ3) is 2.44. The van der Waals surface area contributed by atoms with Crippen LogP contribution in [0.5, 0.6) is 0 Å². The fraction of sp³-hybridized carbons (Fsp3) is 0.583. The monoisotopic (exact) mass is 223 g/mol. The number of nitrogens with one attached hydrogen (secondary N) is 1. The van der Waals surface area contributed by atoms with Gasteiger partial charge in [0.05, 0.1) is 6.10 Å². The SMILES string of the molecule is CCc1ccc(C(=O)NCC2CC(O)C2)o1. The van der Waals surface area contributed by atoms with Crippen LogP contribution in [0, 0.1) is 5.92 Å². The van der Waals surface area contributed by atoms with Gasteiger partial charge >= 0.3 is 0 Å². The van der Waals surface area contributed by atoms with Gasteiger partial charge in [0, 0.05) is 13.0 Å². The van der Waals surface area contributed by atoms with Crippen molar-refractivity contribution in [2.24, 2.45) is 5.92 Å². The lowest BCUT2D eigenvalue weighted by molar-refractivity contribution is 0.0417. The molecule has 1 saturated carbocycles. The van der Waals surface area contributed by atoms with Gasteiger partial charge in [0.25, 0.3) is 5.91 Å². The zero-order valence-electron chi connectivity index (χ0n) is 9.40. The molecule has 0 aromatic carbocycles. The molecule has 1 heterocycles. The molecule has 0 aliphatic heterocycles. The molecule has 1 fully saturated rings. The molecule has 2 rings (SSSR count). The molecule has 0 radical (unpaired) electrons. The fourth-order valence-electron chi connectivity index (χ4n) is 1.88. The number of aliphatic hydroxyl groups is 1. The first kappa shape index (κ1) is 11.2. The maximum absolute atomic E-state index is 11.6. The van der Waals surface area contributed by atoms with E-state index < -0.39 is 0 Å². The first-order valence-corrected chi connectivity index (χ1v) is 5.74. The second kappa shape index (κ2) is 4.70. The second-order valence-corrected chi connectivity index (χ2v) is 4.32. The highest BCUT2D eigenvalue weighted by atomic mass is 16.3. The van der Waals surface area contributed by atoms with Crippen molar-refractivity contribution in [2.75, 3.05) is 6.54 Å². The van der Waals surface area contributed by atoms with Crippen LogP contribution in [0.2, 0.25) is 0 Å². The van der Waals surface area contributed by atoms with E-state index in [9.17, 15) is 4.79 Å². The highest BCUT2D eigenvalue weighted by Gasteiger charge is 2.27. The maximum Gasteiger partial charge on any atom is 0.287 e. The van der Waals surface area contributed by atoms with Gasteiger partial charge in [-0.3, -0.25) is 4.79 Å². The van der Waals surface area contributed by atoms with E-state index >= 15 is 0 Å². The Morgan fingerprint density at radius 2 is 2.31 bits per heavy atom. The second-order valence-electron chi connectivity index (χ2n) is 4.32. The van der Waals surface area contributed by atoms with E-state index in [1.54, 1.807) is 6.07 Å². The van der Waals surface area contributed by atoms with Crippen LogP contribution in [-0.4, -0.2) is 23.7 Å². The smallest absolute Gasteiger partial charge is 0.287 e. The van der Waals surface area contributed by atoms with E-state index in [2.05, 4.69) is 5.32 Å². The maximum atomic E-state index is 11.6. The number of aryl methyl sites for hydroxylation is 1. The number of hydrogen-bond donors (Lipinski definition) is 2. The van der Waals surface area contributed by atoms with Crippen LogP contribution in [-0.2, 0) is 6.42 Å². The number of hydrogen-bond acceptors (Lipinski definition) is 3. The van der Waals surface area contributed by atoms with Crippen molar-refractivity contribution in [1.82, 2.24) is 5.32 Å². The van der Waals surface area contributed by atoms with Crippen LogP contribution in [0.4, 0.5) is 0 Å². The molecule has 0 atom stereocenters. The van der Waals surface area contributed by atoms with E-state index in [4.69, 9.17) is 9.52 Å². The van der Waals surface area contributed by atoms with Crippen LogP contribution in [0.1, 0.15) is 36.1 Å². The van der Waals surface area contributed by atoms with E-state index in [1.807, 2.05) is 13.0 Å². The zero-order chi connectivity index (χ0) is 11.5. The van der Waals surface area contributed by atoms with Gasteiger partial charge in [0.2, 0.25) is 0 Å². The minimum Gasteiger partial charge on any atom is -0.456 e. The Bertz CT molecular complexity index is 366. The quantitative estimate of drug-likeness (QED) is 0.809. The Morgan fingerprint density at radius 1 is 1.56 bits per heavy atom. The summed E-state index contributed by atoms with van der Waals surface area (Å²) in [6.45, 7) is 2.61. The van der Waals surface area contributed by atoms with Crippen LogP contribution in [0.15, 0.2) is 16.5 Å². The highest BCUT2D eigenvalue weighted by molar-refractivity contribution is 5.91. The molecule has 0 saturated heterocycles. The third-order valence-electron chi connectivity index (χ3n) is 3.00. The Kier molecular flexibility index (Phi) is 3.29. The standard InChI is InChI=1S/C12H17NO3/c1-2-10-3-4-11(16-10)12(15)13-7-8-5-9(14)6-8/h3-4,8-9,14H,2,5-7H2,1H3,(H,13,15). The number of rotatable bonds is 4. The lowest BCUT2D eigenvalue weighted by atomic mass is 9.82. The molecule has 1 aromatic rings. The number of furan rings is 1. The fourth-order valence-corrected chi connectivity index (χ4v) is 1.88. The molecule has 0 unspecified atom stereocenters. The van der Waals surface area contributed by atoms with Crippen LogP contribution < -0.4 is 5.32 Å². The van der Waals surface area contributed by atoms with Crippen molar-refractivity contribution in [3.05, 3.63) is 23.7 Å². The van der Waals surface area contributed by atoms with Crippen LogP contribution in [0.3, 0.4) is 0 Å². The molecule has 4 heteroatoms. The molecular weight excluding hydrogens is 206 g/mol. The molecule has 1 aromatic heterocycles. The Labute approximate surface area is 94.6 Å². The molecule has 4 nitrogen and oxygen atoms in total. The van der Waals surface area contributed by atoms with Gasteiger partial charge in [-0.15, -0.1) is 0 Å². The summed E-state index contributed by atoms with van der Waals surface area (Å²) < 4.78 is 5.34. The number of carbonyl (C=O) groups excluding carboxylic acids is 1. The summed E-state index contributed by atoms with van der Waals surface area (Å²) in [5, 5.41) is 11.9. The summed E-state index contributed by atoms with van der Waals surface area (Å²) in [5.41, 5.74) is 0. The largest absolute Gasteiger partial charge is 0.456 e. The van der Waals surface area contributed by atoms with Gasteiger partial charge in [-0.05, 0) is 30.9 Å². The number of carbonyl (C=O) groups is 1. The van der Waals surface area contributed by atoms with E-state index in [-0.39, 0.29) is 12.0 Å². The molecule has 1 amide bonds. The Morgan fingerprint density at radius 3 is 2.88 bits per heavy atom. The predicted molar refractivity (Wildman–Crippen MR) is 59.2 cm³/mol. The van der Waals surface area contributed by atoms with E-state index in [0.29, 0.717) is 18.2 Å². The summed E-state index contributed by atoms with van der Waals surface area (Å²) in [4.78, 5) is 11.6. The normalized spacial score (nSPS) is 23.9. The van der Waals surface area contributed by atoms with Crippen molar-refractivity contribution in [2.45, 2.75) is 32.3 Å². The molecule has 88 valence electrons. The first-order chi connectivity index (χ1) is 7.69. The van der Waals surface area contributed by atoms with Crippen molar-refractivity contribution >= 4 is 5.91 Å². The van der Waals surface area contributed by atoms with Gasteiger partial charge < -0.3 is 14.8 Å². The molecule has 1 aliphatic carbocycles. The summed E-state index contributed by atoms with van der Waals surface area (Å²) >= 11 is 0. The summed E-state index contributed by atoms with van der Waals surface area (Å²) in [6, 6.07) is 3.52. The van der Waals surface area contributed by atoms with Crippen molar-refractivity contribution in [3.8, 4) is 0 Å². The summed E-state index contributed by atoms with van der Waals surface area (Å²) in [6.07, 6.45) is 2.21. The zero-order valence-corrected chi connectivity index (χ0v) is 9.40. The molecule has 1 aliphatic rings. The minimum absolute atomic E-state index is 0.166. The predicted octanol–water partition coefficient (Wildman–Crippen LogP) is 1.34. The Balaban J connectivity index is 1.79. The van der Waals surface area contributed by atoms with Gasteiger partial charge in [0.1, 0.15) is 5.76 Å². The molecule has 16 heavy (non-hydrogen) atoms. The summed E-state index contributed by atoms with van der Waals surface area (Å²) in [7, 11) is 0. The summed E-state index contributed by atoms with van der Waals surface area (Å²) in [5.74, 6) is 1.45. The third-order valence-corrected chi connectivity index (χ3v) is 3.00. The van der Waals surface area contributed by atoms with Crippen molar-refractivity contribution in [1.29, 1.82) is 0 Å². The van der Waals surface area contributed by atoms with Crippen molar-refractivity contribution < 1.29 is 14.3 Å². The lowest BCUT2D eigenvalue weighted by Gasteiger charge is -2.31. The Hall–Kier alpha value is -1.29. The topological polar surface area (TPSA) is 62.5 Å². The number of amides is 1. The average molecular weight is 223 g/mol.